The van der Waals surface area contributed by atoms with Crippen LogP contribution in [0.15, 0.2) is 49.2 Å². The van der Waals surface area contributed by atoms with Crippen LogP contribution in [0.1, 0.15) is 10.5 Å². The molecule has 0 atom stereocenters. The molecule has 114 valence electrons. The number of hydrogen-bond acceptors (Lipinski definition) is 5. The Morgan fingerprint density at radius 3 is 2.64 bits per heavy atom. The zero-order valence-corrected chi connectivity index (χ0v) is 12.7. The SMILES string of the molecule is C=CCNc1nccc(C(=O)Nc2ccc(N(C)C)cc2)n1. The largest absolute Gasteiger partial charge is 0.378 e. The zero-order chi connectivity index (χ0) is 15.9. The van der Waals surface area contributed by atoms with Gasteiger partial charge >= 0.3 is 0 Å². The molecule has 0 saturated carbocycles. The monoisotopic (exact) mass is 297 g/mol. The first-order chi connectivity index (χ1) is 10.6. The lowest BCUT2D eigenvalue weighted by Gasteiger charge is -2.13. The molecule has 1 heterocycles. The molecule has 6 heteroatoms. The first kappa shape index (κ1) is 15.5. The van der Waals surface area contributed by atoms with Gasteiger partial charge in [0.1, 0.15) is 5.69 Å². The highest BCUT2D eigenvalue weighted by molar-refractivity contribution is 6.03. The van der Waals surface area contributed by atoms with Gasteiger partial charge in [-0.1, -0.05) is 6.08 Å². The van der Waals surface area contributed by atoms with Crippen LogP contribution in [0.4, 0.5) is 17.3 Å². The van der Waals surface area contributed by atoms with E-state index < -0.39 is 0 Å². The van der Waals surface area contributed by atoms with Gasteiger partial charge in [0.25, 0.3) is 5.91 Å². The summed E-state index contributed by atoms with van der Waals surface area (Å²) in [5.41, 5.74) is 2.09. The zero-order valence-electron chi connectivity index (χ0n) is 12.7. The fraction of sp³-hybridized carbons (Fsp3) is 0.188. The van der Waals surface area contributed by atoms with Gasteiger partial charge in [0.15, 0.2) is 0 Å². The predicted octanol–water partition coefficient (Wildman–Crippen LogP) is 2.39. The number of carbonyl (C=O) groups excluding carboxylic acids is 1. The highest BCUT2D eigenvalue weighted by Crippen LogP contribution is 2.16. The molecule has 22 heavy (non-hydrogen) atoms. The lowest BCUT2D eigenvalue weighted by Crippen LogP contribution is -2.15. The van der Waals surface area contributed by atoms with Crippen molar-refractivity contribution < 1.29 is 4.79 Å². The summed E-state index contributed by atoms with van der Waals surface area (Å²) in [6.07, 6.45) is 3.24. The summed E-state index contributed by atoms with van der Waals surface area (Å²) in [6.45, 7) is 4.15. The quantitative estimate of drug-likeness (QED) is 0.801. The molecule has 2 N–H and O–H groups in total. The fourth-order valence-electron chi connectivity index (χ4n) is 1.77. The van der Waals surface area contributed by atoms with Gasteiger partial charge in [0.05, 0.1) is 0 Å². The number of benzene rings is 1. The summed E-state index contributed by atoms with van der Waals surface area (Å²) in [7, 11) is 3.93. The minimum atomic E-state index is -0.276. The maximum atomic E-state index is 12.2. The van der Waals surface area contributed by atoms with E-state index in [0.29, 0.717) is 18.2 Å². The van der Waals surface area contributed by atoms with Crippen molar-refractivity contribution in [1.82, 2.24) is 9.97 Å². The smallest absolute Gasteiger partial charge is 0.274 e. The van der Waals surface area contributed by atoms with E-state index in [2.05, 4.69) is 27.2 Å². The number of aromatic nitrogens is 2. The summed E-state index contributed by atoms with van der Waals surface area (Å²) < 4.78 is 0. The van der Waals surface area contributed by atoms with E-state index in [1.54, 1.807) is 18.3 Å². The van der Waals surface area contributed by atoms with Gasteiger partial charge in [-0.2, -0.15) is 0 Å². The second-order valence-corrected chi connectivity index (χ2v) is 4.83. The number of rotatable bonds is 6. The maximum Gasteiger partial charge on any atom is 0.274 e. The van der Waals surface area contributed by atoms with Gasteiger partial charge in [0, 0.05) is 38.2 Å². The molecule has 1 amide bonds. The Labute approximate surface area is 129 Å². The van der Waals surface area contributed by atoms with Crippen molar-refractivity contribution in [2.45, 2.75) is 0 Å². The highest BCUT2D eigenvalue weighted by atomic mass is 16.1. The van der Waals surface area contributed by atoms with E-state index in [0.717, 1.165) is 11.4 Å². The lowest BCUT2D eigenvalue weighted by molar-refractivity contribution is 0.102. The van der Waals surface area contributed by atoms with E-state index >= 15 is 0 Å². The minimum absolute atomic E-state index is 0.276. The van der Waals surface area contributed by atoms with Crippen LogP contribution in [0.5, 0.6) is 0 Å². The van der Waals surface area contributed by atoms with Crippen molar-refractivity contribution in [3.63, 3.8) is 0 Å². The van der Waals surface area contributed by atoms with Crippen LogP contribution < -0.4 is 15.5 Å². The van der Waals surface area contributed by atoms with Crippen LogP contribution in [0.2, 0.25) is 0 Å². The van der Waals surface area contributed by atoms with Crippen LogP contribution in [-0.4, -0.2) is 36.5 Å². The molecule has 2 rings (SSSR count). The molecular weight excluding hydrogens is 278 g/mol. The highest BCUT2D eigenvalue weighted by Gasteiger charge is 2.09. The van der Waals surface area contributed by atoms with Crippen LogP contribution >= 0.6 is 0 Å². The van der Waals surface area contributed by atoms with Crippen molar-refractivity contribution >= 4 is 23.2 Å². The Hall–Kier alpha value is -2.89. The first-order valence-electron chi connectivity index (χ1n) is 6.86. The molecule has 0 saturated heterocycles. The van der Waals surface area contributed by atoms with Crippen molar-refractivity contribution in [3.05, 3.63) is 54.9 Å². The third kappa shape index (κ3) is 4.05. The molecule has 0 aliphatic heterocycles. The van der Waals surface area contributed by atoms with Crippen LogP contribution in [0.3, 0.4) is 0 Å². The fourth-order valence-corrected chi connectivity index (χ4v) is 1.77. The summed E-state index contributed by atoms with van der Waals surface area (Å²) in [5, 5.41) is 5.76. The predicted molar refractivity (Wildman–Crippen MR) is 89.4 cm³/mol. The number of hydrogen-bond donors (Lipinski definition) is 2. The van der Waals surface area contributed by atoms with Crippen molar-refractivity contribution in [2.24, 2.45) is 0 Å². The average molecular weight is 297 g/mol. The molecule has 2 aromatic rings. The number of anilines is 3. The molecular formula is C16H19N5O. The number of nitrogens with one attached hydrogen (secondary N) is 2. The summed E-state index contributed by atoms with van der Waals surface area (Å²) >= 11 is 0. The molecule has 0 aliphatic carbocycles. The Balaban J connectivity index is 2.06. The van der Waals surface area contributed by atoms with Crippen molar-refractivity contribution in [2.75, 3.05) is 36.2 Å². The molecule has 0 bridgehead atoms. The number of carbonyl (C=O) groups is 1. The van der Waals surface area contributed by atoms with E-state index in [1.807, 2.05) is 43.3 Å². The normalized spacial score (nSPS) is 9.91. The molecule has 0 fully saturated rings. The summed E-state index contributed by atoms with van der Waals surface area (Å²) in [4.78, 5) is 22.4. The number of nitrogens with zero attached hydrogens (tertiary/aromatic N) is 3. The standard InChI is InChI=1S/C16H19N5O/c1-4-10-17-16-18-11-9-14(20-16)15(22)19-12-5-7-13(8-6-12)21(2)3/h4-9,11H,1,10H2,2-3H3,(H,19,22)(H,17,18,20). The van der Waals surface area contributed by atoms with Gasteiger partial charge in [-0.3, -0.25) is 4.79 Å². The van der Waals surface area contributed by atoms with E-state index in [9.17, 15) is 4.79 Å². The van der Waals surface area contributed by atoms with Gasteiger partial charge in [0.2, 0.25) is 5.95 Å². The van der Waals surface area contributed by atoms with Crippen LogP contribution in [0.25, 0.3) is 0 Å². The molecule has 0 aliphatic rings. The third-order valence-electron chi connectivity index (χ3n) is 2.93. The Morgan fingerprint density at radius 2 is 2.00 bits per heavy atom. The Bertz CT molecular complexity index is 652. The second kappa shape index (κ2) is 7.21. The summed E-state index contributed by atoms with van der Waals surface area (Å²) in [6, 6.07) is 9.15. The van der Waals surface area contributed by atoms with Crippen molar-refractivity contribution in [3.8, 4) is 0 Å². The minimum Gasteiger partial charge on any atom is -0.378 e. The average Bonchev–Trinajstić information content (AvgIpc) is 2.53. The third-order valence-corrected chi connectivity index (χ3v) is 2.93. The Morgan fingerprint density at radius 1 is 1.27 bits per heavy atom. The van der Waals surface area contributed by atoms with E-state index in [-0.39, 0.29) is 5.91 Å². The lowest BCUT2D eigenvalue weighted by atomic mass is 10.2. The molecule has 1 aromatic heterocycles. The number of amides is 1. The van der Waals surface area contributed by atoms with E-state index in [4.69, 9.17) is 0 Å². The van der Waals surface area contributed by atoms with Crippen molar-refractivity contribution in [1.29, 1.82) is 0 Å². The van der Waals surface area contributed by atoms with Gasteiger partial charge in [-0.05, 0) is 30.3 Å². The van der Waals surface area contributed by atoms with Crippen LogP contribution in [0, 0.1) is 0 Å². The molecule has 0 radical (unpaired) electrons. The second-order valence-electron chi connectivity index (χ2n) is 4.83. The van der Waals surface area contributed by atoms with Gasteiger partial charge in [-0.15, -0.1) is 6.58 Å². The molecule has 6 nitrogen and oxygen atoms in total. The molecule has 1 aromatic carbocycles. The molecule has 0 spiro atoms. The van der Waals surface area contributed by atoms with Gasteiger partial charge < -0.3 is 15.5 Å². The Kier molecular flexibility index (Phi) is 5.08. The van der Waals surface area contributed by atoms with E-state index in [1.165, 1.54) is 0 Å². The first-order valence-corrected chi connectivity index (χ1v) is 6.86. The van der Waals surface area contributed by atoms with Gasteiger partial charge in [-0.25, -0.2) is 9.97 Å². The maximum absolute atomic E-state index is 12.2. The topological polar surface area (TPSA) is 70.2 Å². The summed E-state index contributed by atoms with van der Waals surface area (Å²) in [5.74, 6) is 0.122. The molecule has 0 unspecified atom stereocenters. The van der Waals surface area contributed by atoms with Crippen LogP contribution in [-0.2, 0) is 0 Å².